The summed E-state index contributed by atoms with van der Waals surface area (Å²) in [5.41, 5.74) is 1.66. The van der Waals surface area contributed by atoms with Gasteiger partial charge in [0.05, 0.1) is 6.61 Å². The first kappa shape index (κ1) is 20.6. The van der Waals surface area contributed by atoms with Crippen LogP contribution in [0.1, 0.15) is 12.6 Å². The standard InChI is InChI=1S/C18H22N8O2S/c1-11-10-15(26-25-11)21-17-22-16(19-8-9-28-3)23-18(24-17)29-14-6-4-13(5-7-14)20-12(2)27/h4-7,10H,8-9H2,1-3H3,(H,20,27)(H3,19,21,22,23,24,25,26). The third kappa shape index (κ3) is 6.43. The van der Waals surface area contributed by atoms with Gasteiger partial charge in [-0.3, -0.25) is 9.89 Å². The zero-order valence-corrected chi connectivity index (χ0v) is 17.1. The minimum Gasteiger partial charge on any atom is -0.383 e. The highest BCUT2D eigenvalue weighted by atomic mass is 32.2. The van der Waals surface area contributed by atoms with Gasteiger partial charge in [0.2, 0.25) is 17.8 Å². The van der Waals surface area contributed by atoms with Crippen molar-refractivity contribution in [1.29, 1.82) is 0 Å². The Kier molecular flexibility index (Phi) is 6.98. The number of aryl methyl sites for hydroxylation is 1. The molecule has 3 aromatic rings. The third-order valence-corrected chi connectivity index (χ3v) is 4.41. The van der Waals surface area contributed by atoms with E-state index >= 15 is 0 Å². The van der Waals surface area contributed by atoms with Gasteiger partial charge < -0.3 is 20.7 Å². The van der Waals surface area contributed by atoms with Gasteiger partial charge in [0.1, 0.15) is 0 Å². The van der Waals surface area contributed by atoms with E-state index in [1.165, 1.54) is 18.7 Å². The normalized spacial score (nSPS) is 10.6. The quantitative estimate of drug-likeness (QED) is 0.390. The van der Waals surface area contributed by atoms with E-state index < -0.39 is 0 Å². The Morgan fingerprint density at radius 2 is 1.93 bits per heavy atom. The van der Waals surface area contributed by atoms with E-state index in [1.54, 1.807) is 7.11 Å². The van der Waals surface area contributed by atoms with Crippen LogP contribution in [0.5, 0.6) is 0 Å². The lowest BCUT2D eigenvalue weighted by atomic mass is 10.3. The lowest BCUT2D eigenvalue weighted by Gasteiger charge is -2.09. The molecule has 152 valence electrons. The summed E-state index contributed by atoms with van der Waals surface area (Å²) in [6.07, 6.45) is 0. The summed E-state index contributed by atoms with van der Waals surface area (Å²) in [4.78, 5) is 25.4. The van der Waals surface area contributed by atoms with E-state index in [4.69, 9.17) is 4.74 Å². The highest BCUT2D eigenvalue weighted by Crippen LogP contribution is 2.27. The fourth-order valence-corrected chi connectivity index (χ4v) is 3.06. The van der Waals surface area contributed by atoms with Crippen molar-refractivity contribution in [2.24, 2.45) is 0 Å². The van der Waals surface area contributed by atoms with Crippen LogP contribution in [0, 0.1) is 6.92 Å². The highest BCUT2D eigenvalue weighted by Gasteiger charge is 2.10. The number of amides is 1. The second kappa shape index (κ2) is 9.85. The molecular formula is C18H22N8O2S. The minimum absolute atomic E-state index is 0.112. The summed E-state index contributed by atoms with van der Waals surface area (Å²) in [6.45, 7) is 4.48. The van der Waals surface area contributed by atoms with E-state index in [9.17, 15) is 4.79 Å². The monoisotopic (exact) mass is 414 g/mol. The Labute approximate surface area is 172 Å². The van der Waals surface area contributed by atoms with Crippen LogP contribution in [0.15, 0.2) is 40.4 Å². The fourth-order valence-electron chi connectivity index (χ4n) is 2.31. The average molecular weight is 414 g/mol. The second-order valence-electron chi connectivity index (χ2n) is 6.05. The van der Waals surface area contributed by atoms with E-state index in [2.05, 4.69) is 41.1 Å². The molecule has 2 heterocycles. The van der Waals surface area contributed by atoms with Gasteiger partial charge in [0.15, 0.2) is 11.0 Å². The van der Waals surface area contributed by atoms with E-state index in [-0.39, 0.29) is 5.91 Å². The summed E-state index contributed by atoms with van der Waals surface area (Å²) in [5, 5.41) is 16.5. The Hall–Kier alpha value is -3.18. The number of methoxy groups -OCH3 is 1. The molecule has 0 aliphatic heterocycles. The van der Waals surface area contributed by atoms with Crippen LogP contribution in [0.3, 0.4) is 0 Å². The van der Waals surface area contributed by atoms with Crippen molar-refractivity contribution in [3.05, 3.63) is 36.0 Å². The van der Waals surface area contributed by atoms with Crippen LogP contribution < -0.4 is 16.0 Å². The molecule has 0 unspecified atom stereocenters. The molecule has 11 heteroatoms. The van der Waals surface area contributed by atoms with Gasteiger partial charge in [-0.25, -0.2) is 0 Å². The van der Waals surface area contributed by atoms with Crippen LogP contribution >= 0.6 is 11.8 Å². The molecule has 10 nitrogen and oxygen atoms in total. The first-order valence-corrected chi connectivity index (χ1v) is 9.67. The average Bonchev–Trinajstić information content (AvgIpc) is 3.08. The summed E-state index contributed by atoms with van der Waals surface area (Å²) in [7, 11) is 1.63. The van der Waals surface area contributed by atoms with Gasteiger partial charge in [0.25, 0.3) is 0 Å². The summed E-state index contributed by atoms with van der Waals surface area (Å²) in [5.74, 6) is 1.32. The molecule has 1 aromatic carbocycles. The maximum Gasteiger partial charge on any atom is 0.234 e. The summed E-state index contributed by atoms with van der Waals surface area (Å²) in [6, 6.07) is 9.29. The Morgan fingerprint density at radius 1 is 1.17 bits per heavy atom. The molecule has 0 atom stereocenters. The van der Waals surface area contributed by atoms with Gasteiger partial charge in [-0.2, -0.15) is 20.1 Å². The van der Waals surface area contributed by atoms with Gasteiger partial charge in [0, 0.05) is 42.9 Å². The molecule has 0 saturated carbocycles. The molecule has 0 fully saturated rings. The lowest BCUT2D eigenvalue weighted by Crippen LogP contribution is -2.12. The highest BCUT2D eigenvalue weighted by molar-refractivity contribution is 7.99. The number of H-pyrrole nitrogens is 1. The van der Waals surface area contributed by atoms with Crippen LogP contribution in [0.4, 0.5) is 23.4 Å². The zero-order chi connectivity index (χ0) is 20.6. The number of nitrogens with zero attached hydrogens (tertiary/aromatic N) is 4. The molecular weight excluding hydrogens is 392 g/mol. The topological polar surface area (TPSA) is 130 Å². The predicted octanol–water partition coefficient (Wildman–Crippen LogP) is 2.81. The number of carbonyl (C=O) groups is 1. The molecule has 0 saturated heterocycles. The number of nitrogens with one attached hydrogen (secondary N) is 4. The number of rotatable bonds is 9. The maximum atomic E-state index is 11.2. The van der Waals surface area contributed by atoms with E-state index in [1.807, 2.05) is 37.3 Å². The molecule has 29 heavy (non-hydrogen) atoms. The minimum atomic E-state index is -0.112. The number of benzene rings is 1. The van der Waals surface area contributed by atoms with Crippen molar-refractivity contribution >= 4 is 41.1 Å². The number of hydrogen-bond donors (Lipinski definition) is 4. The zero-order valence-electron chi connectivity index (χ0n) is 16.3. The fraction of sp³-hybridized carbons (Fsp3) is 0.278. The molecule has 4 N–H and O–H groups in total. The largest absolute Gasteiger partial charge is 0.383 e. The first-order chi connectivity index (χ1) is 14.0. The van der Waals surface area contributed by atoms with Crippen molar-refractivity contribution < 1.29 is 9.53 Å². The van der Waals surface area contributed by atoms with E-state index in [0.717, 1.165) is 16.3 Å². The van der Waals surface area contributed by atoms with Gasteiger partial charge >= 0.3 is 0 Å². The van der Waals surface area contributed by atoms with Gasteiger partial charge in [-0.15, -0.1) is 0 Å². The summed E-state index contributed by atoms with van der Waals surface area (Å²) >= 11 is 1.38. The van der Waals surface area contributed by atoms with Crippen molar-refractivity contribution in [3.8, 4) is 0 Å². The molecule has 0 radical (unpaired) electrons. The molecule has 0 bridgehead atoms. The second-order valence-corrected chi connectivity index (χ2v) is 7.09. The number of aromatic amines is 1. The Bertz CT molecular complexity index is 961. The molecule has 0 aliphatic carbocycles. The van der Waals surface area contributed by atoms with Crippen molar-refractivity contribution in [2.75, 3.05) is 36.2 Å². The predicted molar refractivity (Wildman–Crippen MR) is 112 cm³/mol. The lowest BCUT2D eigenvalue weighted by molar-refractivity contribution is -0.114. The van der Waals surface area contributed by atoms with Crippen LogP contribution in [0.25, 0.3) is 0 Å². The van der Waals surface area contributed by atoms with Crippen molar-refractivity contribution in [1.82, 2.24) is 25.1 Å². The molecule has 0 aliphatic rings. The number of hydrogen-bond acceptors (Lipinski definition) is 9. The number of ether oxygens (including phenoxy) is 1. The maximum absolute atomic E-state index is 11.2. The molecule has 1 amide bonds. The van der Waals surface area contributed by atoms with Crippen molar-refractivity contribution in [2.45, 2.75) is 23.9 Å². The van der Waals surface area contributed by atoms with Crippen LogP contribution in [-0.2, 0) is 9.53 Å². The van der Waals surface area contributed by atoms with Crippen molar-refractivity contribution in [3.63, 3.8) is 0 Å². The van der Waals surface area contributed by atoms with Crippen LogP contribution in [-0.4, -0.2) is 51.3 Å². The Balaban J connectivity index is 1.78. The third-order valence-electron chi connectivity index (χ3n) is 3.53. The smallest absolute Gasteiger partial charge is 0.234 e. The van der Waals surface area contributed by atoms with Gasteiger partial charge in [-0.05, 0) is 43.0 Å². The number of aromatic nitrogens is 5. The number of carbonyl (C=O) groups excluding carboxylic acids is 1. The molecule has 2 aromatic heterocycles. The number of anilines is 4. The SMILES string of the molecule is COCCNc1nc(Nc2cc(C)[nH]n2)nc(Sc2ccc(NC(C)=O)cc2)n1. The molecule has 3 rings (SSSR count). The van der Waals surface area contributed by atoms with E-state index in [0.29, 0.717) is 36.0 Å². The summed E-state index contributed by atoms with van der Waals surface area (Å²) < 4.78 is 5.06. The molecule has 0 spiro atoms. The Morgan fingerprint density at radius 3 is 2.59 bits per heavy atom. The first-order valence-electron chi connectivity index (χ1n) is 8.85. The van der Waals surface area contributed by atoms with Gasteiger partial charge in [-0.1, -0.05) is 0 Å². The van der Waals surface area contributed by atoms with Crippen LogP contribution in [0.2, 0.25) is 0 Å².